The highest BCUT2D eigenvalue weighted by Crippen LogP contribution is 2.43. The number of ether oxygens (including phenoxy) is 2. The first kappa shape index (κ1) is 28.3. The van der Waals surface area contributed by atoms with Crippen molar-refractivity contribution in [1.29, 1.82) is 0 Å². The van der Waals surface area contributed by atoms with Crippen molar-refractivity contribution in [1.82, 2.24) is 0 Å². The van der Waals surface area contributed by atoms with Crippen LogP contribution in [0.25, 0.3) is 0 Å². The van der Waals surface area contributed by atoms with Gasteiger partial charge in [0.05, 0.1) is 30.6 Å². The zero-order chi connectivity index (χ0) is 27.0. The van der Waals surface area contributed by atoms with Crippen LogP contribution in [0.2, 0.25) is 0 Å². The van der Waals surface area contributed by atoms with Gasteiger partial charge in [0.1, 0.15) is 4.88 Å². The molecule has 1 saturated carbocycles. The number of nitrogens with zero attached hydrogens (tertiary/aromatic N) is 1. The molecule has 3 atom stereocenters. The number of hydrogen-bond donors (Lipinski definition) is 2. The second-order valence-corrected chi connectivity index (χ2v) is 13.5. The Morgan fingerprint density at radius 1 is 1.24 bits per heavy atom. The third-order valence-corrected chi connectivity index (χ3v) is 9.78. The molecule has 1 aromatic heterocycles. The van der Waals surface area contributed by atoms with Crippen LogP contribution in [0.15, 0.2) is 17.7 Å². The third-order valence-electron chi connectivity index (χ3n) is 8.24. The smallest absolute Gasteiger partial charge is 0.348 e. The van der Waals surface area contributed by atoms with E-state index >= 15 is 0 Å². The maximum atomic E-state index is 14.2. The summed E-state index contributed by atoms with van der Waals surface area (Å²) in [4.78, 5) is 29.6. The number of carbonyl (C=O) groups is 2. The van der Waals surface area contributed by atoms with Crippen LogP contribution in [0, 0.1) is 11.8 Å². The highest BCUT2D eigenvalue weighted by molar-refractivity contribution is 7.14. The Balaban J connectivity index is 1.61. The van der Waals surface area contributed by atoms with Gasteiger partial charge in [-0.25, -0.2) is 4.79 Å². The van der Waals surface area contributed by atoms with Crippen molar-refractivity contribution in [3.8, 4) is 0 Å². The van der Waals surface area contributed by atoms with Crippen molar-refractivity contribution >= 4 is 28.9 Å². The van der Waals surface area contributed by atoms with Crippen LogP contribution >= 0.6 is 11.3 Å². The van der Waals surface area contributed by atoms with Crippen molar-refractivity contribution in [2.75, 3.05) is 24.7 Å². The number of rotatable bonds is 7. The number of carboxylic acids is 1. The lowest BCUT2D eigenvalue weighted by atomic mass is 9.78. The third kappa shape index (κ3) is 6.47. The summed E-state index contributed by atoms with van der Waals surface area (Å²) >= 11 is 1.27. The number of thiophene rings is 1. The summed E-state index contributed by atoms with van der Waals surface area (Å²) in [5, 5.41) is 21.4. The summed E-state index contributed by atoms with van der Waals surface area (Å²) in [6, 6.07) is 1.76. The van der Waals surface area contributed by atoms with Crippen LogP contribution in [0.5, 0.6) is 0 Å². The average Bonchev–Trinajstić information content (AvgIpc) is 3.50. The predicted molar refractivity (Wildman–Crippen MR) is 145 cm³/mol. The summed E-state index contributed by atoms with van der Waals surface area (Å²) < 4.78 is 11.3. The van der Waals surface area contributed by atoms with E-state index in [9.17, 15) is 19.8 Å². The molecule has 0 unspecified atom stereocenters. The van der Waals surface area contributed by atoms with E-state index in [1.807, 2.05) is 6.07 Å². The van der Waals surface area contributed by atoms with E-state index in [1.165, 1.54) is 16.9 Å². The first-order valence-electron chi connectivity index (χ1n) is 13.7. The summed E-state index contributed by atoms with van der Waals surface area (Å²) in [6.07, 6.45) is 6.79. The maximum Gasteiger partial charge on any atom is 0.348 e. The Bertz CT molecular complexity index is 1010. The SMILES string of the molecule is CC1=CC[C@H](C(=O)N(c2cc(C(C)(C)C)sc2C(=O)O)[C@H]2CC[C@](O)(CO[C@H]3CCOC3)CC2)[C@@H](C)C1. The molecule has 2 fully saturated rings. The second-order valence-electron chi connectivity index (χ2n) is 12.4. The minimum atomic E-state index is -1.000. The number of hydrogen-bond acceptors (Lipinski definition) is 6. The first-order chi connectivity index (χ1) is 17.4. The van der Waals surface area contributed by atoms with Crippen LogP contribution in [-0.4, -0.2) is 59.7 Å². The topological polar surface area (TPSA) is 96.3 Å². The van der Waals surface area contributed by atoms with Gasteiger partial charge in [0.2, 0.25) is 5.91 Å². The van der Waals surface area contributed by atoms with Gasteiger partial charge in [-0.1, -0.05) is 39.3 Å². The molecule has 1 aliphatic heterocycles. The number of allylic oxidation sites excluding steroid dienone is 2. The van der Waals surface area contributed by atoms with E-state index in [2.05, 4.69) is 40.7 Å². The number of carboxylic acid groups (broad SMARTS) is 1. The molecule has 4 rings (SSSR count). The molecule has 2 N–H and O–H groups in total. The highest BCUT2D eigenvalue weighted by atomic mass is 32.1. The molecule has 2 heterocycles. The molecule has 0 spiro atoms. The fraction of sp³-hybridized carbons (Fsp3) is 0.724. The van der Waals surface area contributed by atoms with Gasteiger partial charge in [0.25, 0.3) is 0 Å². The Kier molecular flexibility index (Phi) is 8.53. The molecule has 0 aromatic carbocycles. The van der Waals surface area contributed by atoms with Crippen molar-refractivity contribution in [3.05, 3.63) is 27.5 Å². The van der Waals surface area contributed by atoms with E-state index < -0.39 is 11.6 Å². The average molecular weight is 534 g/mol. The monoisotopic (exact) mass is 533 g/mol. The van der Waals surface area contributed by atoms with Crippen LogP contribution in [0.1, 0.15) is 94.1 Å². The van der Waals surface area contributed by atoms with Crippen LogP contribution in [0.3, 0.4) is 0 Å². The summed E-state index contributed by atoms with van der Waals surface area (Å²) in [7, 11) is 0. The van der Waals surface area contributed by atoms with Gasteiger partial charge < -0.3 is 24.6 Å². The number of amides is 1. The lowest BCUT2D eigenvalue weighted by Crippen LogP contribution is -2.51. The van der Waals surface area contributed by atoms with Gasteiger partial charge in [-0.3, -0.25) is 4.79 Å². The number of aromatic carboxylic acids is 1. The molecule has 37 heavy (non-hydrogen) atoms. The molecular weight excluding hydrogens is 490 g/mol. The molecule has 7 nitrogen and oxygen atoms in total. The molecule has 2 aliphatic carbocycles. The Morgan fingerprint density at radius 3 is 2.51 bits per heavy atom. The summed E-state index contributed by atoms with van der Waals surface area (Å²) in [5.74, 6) is -0.988. The van der Waals surface area contributed by atoms with Gasteiger partial charge in [-0.2, -0.15) is 0 Å². The zero-order valence-corrected chi connectivity index (χ0v) is 23.7. The lowest BCUT2D eigenvalue weighted by molar-refractivity contribution is -0.125. The minimum absolute atomic E-state index is 0.00630. The van der Waals surface area contributed by atoms with Crippen molar-refractivity contribution < 1.29 is 29.3 Å². The van der Waals surface area contributed by atoms with Gasteiger partial charge in [0.15, 0.2) is 0 Å². The molecule has 8 heteroatoms. The van der Waals surface area contributed by atoms with Crippen LogP contribution < -0.4 is 4.90 Å². The minimum Gasteiger partial charge on any atom is -0.477 e. The Labute approximate surface area is 224 Å². The zero-order valence-electron chi connectivity index (χ0n) is 22.9. The van der Waals surface area contributed by atoms with E-state index in [0.29, 0.717) is 51.0 Å². The molecule has 1 aromatic rings. The van der Waals surface area contributed by atoms with Gasteiger partial charge in [-0.05, 0) is 69.3 Å². The quantitative estimate of drug-likeness (QED) is 0.446. The standard InChI is InChI=1S/C29H43NO6S/c1-18-6-7-22(19(2)14-18)26(31)30(23-15-24(28(3,4)5)37-25(23)27(32)33)20-8-11-29(34,12-9-20)17-36-21-10-13-35-16-21/h6,15,19-22,34H,7-14,16-17H2,1-5H3,(H,32,33)/t19-,20-,21-,22-,29+/m0/s1. The second kappa shape index (κ2) is 11.2. The number of aliphatic hydroxyl groups is 1. The van der Waals surface area contributed by atoms with Crippen molar-refractivity contribution in [2.24, 2.45) is 11.8 Å². The fourth-order valence-corrected chi connectivity index (χ4v) is 6.90. The Morgan fingerprint density at radius 2 is 1.95 bits per heavy atom. The number of carbonyl (C=O) groups excluding carboxylic acids is 1. The Hall–Kier alpha value is -1.74. The first-order valence-corrected chi connectivity index (χ1v) is 14.5. The molecule has 3 aliphatic rings. The normalized spacial score (nSPS) is 30.7. The van der Waals surface area contributed by atoms with Gasteiger partial charge in [-0.15, -0.1) is 11.3 Å². The lowest BCUT2D eigenvalue weighted by Gasteiger charge is -2.42. The molecule has 0 bridgehead atoms. The maximum absolute atomic E-state index is 14.2. The van der Waals surface area contributed by atoms with E-state index in [1.54, 1.807) is 4.90 Å². The van der Waals surface area contributed by atoms with Gasteiger partial charge in [0, 0.05) is 23.4 Å². The van der Waals surface area contributed by atoms with Crippen molar-refractivity contribution in [2.45, 2.75) is 103 Å². The highest BCUT2D eigenvalue weighted by Gasteiger charge is 2.42. The largest absolute Gasteiger partial charge is 0.477 e. The van der Waals surface area contributed by atoms with Crippen LogP contribution in [0.4, 0.5) is 5.69 Å². The predicted octanol–water partition coefficient (Wildman–Crippen LogP) is 5.55. The molecule has 1 amide bonds. The van der Waals surface area contributed by atoms with E-state index in [4.69, 9.17) is 9.47 Å². The number of anilines is 1. The molecule has 206 valence electrons. The summed E-state index contributed by atoms with van der Waals surface area (Å²) in [6.45, 7) is 11.9. The van der Waals surface area contributed by atoms with E-state index in [-0.39, 0.29) is 46.8 Å². The molecule has 1 saturated heterocycles. The molecule has 0 radical (unpaired) electrons. The van der Waals surface area contributed by atoms with E-state index in [0.717, 1.165) is 17.7 Å². The summed E-state index contributed by atoms with van der Waals surface area (Å²) in [5.41, 5.74) is 0.650. The molecular formula is C29H43NO6S. The van der Waals surface area contributed by atoms with Gasteiger partial charge >= 0.3 is 5.97 Å². The fourth-order valence-electron chi connectivity index (χ4n) is 5.86. The van der Waals surface area contributed by atoms with Crippen LogP contribution in [-0.2, 0) is 19.7 Å². The van der Waals surface area contributed by atoms with Crippen molar-refractivity contribution in [3.63, 3.8) is 0 Å².